The zero-order valence-corrected chi connectivity index (χ0v) is 22.7. The quantitative estimate of drug-likeness (QED) is 0.100. The molecular formula is C31H27ClN2O6. The molecule has 0 unspecified atom stereocenters. The molecule has 0 bridgehead atoms. The fraction of sp³-hybridized carbons (Fsp3) is 0.129. The molecule has 40 heavy (non-hydrogen) atoms. The number of esters is 1. The van der Waals surface area contributed by atoms with Crippen LogP contribution < -0.4 is 24.4 Å². The third-order valence-electron chi connectivity index (χ3n) is 5.61. The SMILES string of the molecule is CCOc1ccc(C(=O)Oc2ccc(/C=N\NC(=O)c3ccc(OCc4ccc(Cl)cc4)cc3)cc2OC)cc1. The summed E-state index contributed by atoms with van der Waals surface area (Å²) in [4.78, 5) is 25.0. The van der Waals surface area contributed by atoms with Crippen molar-refractivity contribution in [2.75, 3.05) is 13.7 Å². The van der Waals surface area contributed by atoms with E-state index in [0.29, 0.717) is 52.2 Å². The van der Waals surface area contributed by atoms with E-state index in [1.165, 1.54) is 13.3 Å². The van der Waals surface area contributed by atoms with Crippen molar-refractivity contribution < 1.29 is 28.5 Å². The predicted molar refractivity (Wildman–Crippen MR) is 153 cm³/mol. The van der Waals surface area contributed by atoms with Crippen LogP contribution in [0.4, 0.5) is 0 Å². The van der Waals surface area contributed by atoms with Crippen LogP contribution >= 0.6 is 11.6 Å². The lowest BCUT2D eigenvalue weighted by Gasteiger charge is -2.10. The molecule has 8 nitrogen and oxygen atoms in total. The van der Waals surface area contributed by atoms with Gasteiger partial charge in [0.1, 0.15) is 18.1 Å². The van der Waals surface area contributed by atoms with Crippen molar-refractivity contribution in [2.45, 2.75) is 13.5 Å². The summed E-state index contributed by atoms with van der Waals surface area (Å²) in [5.74, 6) is 0.975. The van der Waals surface area contributed by atoms with Crippen LogP contribution in [0.2, 0.25) is 5.02 Å². The molecule has 0 aliphatic carbocycles. The van der Waals surface area contributed by atoms with Gasteiger partial charge in [0.2, 0.25) is 0 Å². The molecule has 0 heterocycles. The fourth-order valence-corrected chi connectivity index (χ4v) is 3.67. The first-order valence-electron chi connectivity index (χ1n) is 12.4. The van der Waals surface area contributed by atoms with Gasteiger partial charge in [0.15, 0.2) is 11.5 Å². The normalized spacial score (nSPS) is 10.7. The van der Waals surface area contributed by atoms with Crippen molar-refractivity contribution in [1.82, 2.24) is 5.43 Å². The van der Waals surface area contributed by atoms with Gasteiger partial charge < -0.3 is 18.9 Å². The molecule has 9 heteroatoms. The van der Waals surface area contributed by atoms with Gasteiger partial charge in [0.25, 0.3) is 5.91 Å². The van der Waals surface area contributed by atoms with E-state index in [0.717, 1.165) is 5.56 Å². The molecule has 0 spiro atoms. The van der Waals surface area contributed by atoms with Gasteiger partial charge >= 0.3 is 5.97 Å². The highest BCUT2D eigenvalue weighted by Gasteiger charge is 2.13. The van der Waals surface area contributed by atoms with Gasteiger partial charge in [-0.1, -0.05) is 23.7 Å². The number of benzene rings is 4. The molecule has 1 amide bonds. The number of rotatable bonds is 11. The summed E-state index contributed by atoms with van der Waals surface area (Å²) in [5, 5.41) is 4.68. The van der Waals surface area contributed by atoms with Gasteiger partial charge in [0, 0.05) is 10.6 Å². The van der Waals surface area contributed by atoms with Crippen LogP contribution in [0.5, 0.6) is 23.0 Å². The van der Waals surface area contributed by atoms with Crippen molar-refractivity contribution in [3.63, 3.8) is 0 Å². The minimum absolute atomic E-state index is 0.251. The lowest BCUT2D eigenvalue weighted by Crippen LogP contribution is -2.17. The van der Waals surface area contributed by atoms with Crippen molar-refractivity contribution in [3.05, 3.63) is 118 Å². The maximum Gasteiger partial charge on any atom is 0.343 e. The average Bonchev–Trinajstić information content (AvgIpc) is 2.98. The molecule has 0 saturated carbocycles. The Kier molecular flexibility index (Phi) is 9.74. The summed E-state index contributed by atoms with van der Waals surface area (Å²) >= 11 is 5.90. The number of nitrogens with one attached hydrogen (secondary N) is 1. The summed E-state index contributed by atoms with van der Waals surface area (Å²) in [6.45, 7) is 2.81. The zero-order valence-electron chi connectivity index (χ0n) is 21.9. The largest absolute Gasteiger partial charge is 0.494 e. The predicted octanol–water partition coefficient (Wildman–Crippen LogP) is 6.31. The number of hydrogen-bond donors (Lipinski definition) is 1. The van der Waals surface area contributed by atoms with Crippen LogP contribution in [0.3, 0.4) is 0 Å². The van der Waals surface area contributed by atoms with E-state index in [1.54, 1.807) is 78.9 Å². The Hall–Kier alpha value is -4.82. The summed E-state index contributed by atoms with van der Waals surface area (Å²) in [6, 6.07) is 25.7. The summed E-state index contributed by atoms with van der Waals surface area (Å²) in [5.41, 5.74) is 4.90. The van der Waals surface area contributed by atoms with Gasteiger partial charge in [-0.05, 0) is 96.9 Å². The van der Waals surface area contributed by atoms with Crippen LogP contribution in [0.25, 0.3) is 0 Å². The zero-order chi connectivity index (χ0) is 28.3. The van der Waals surface area contributed by atoms with Crippen LogP contribution in [-0.2, 0) is 6.61 Å². The first-order valence-corrected chi connectivity index (χ1v) is 12.8. The molecule has 0 fully saturated rings. The minimum atomic E-state index is -0.531. The molecular weight excluding hydrogens is 532 g/mol. The molecule has 0 radical (unpaired) electrons. The minimum Gasteiger partial charge on any atom is -0.494 e. The number of hydrogen-bond acceptors (Lipinski definition) is 7. The summed E-state index contributed by atoms with van der Waals surface area (Å²) < 4.78 is 22.0. The Morgan fingerprint density at radius 2 is 1.48 bits per heavy atom. The standard InChI is InChI=1S/C31H27ClN2O6/c1-3-38-26-15-9-24(10-16-26)31(36)40-28-17-6-22(18-29(28)37-2)19-33-34-30(35)23-7-13-27(14-8-23)39-20-21-4-11-25(32)12-5-21/h4-19H,3,20H2,1-2H3,(H,34,35)/b33-19-. The van der Waals surface area contributed by atoms with E-state index in [1.807, 2.05) is 19.1 Å². The van der Waals surface area contributed by atoms with E-state index in [-0.39, 0.29) is 11.7 Å². The molecule has 0 aliphatic heterocycles. The highest BCUT2D eigenvalue weighted by atomic mass is 35.5. The van der Waals surface area contributed by atoms with Crippen molar-refractivity contribution in [1.29, 1.82) is 0 Å². The second kappa shape index (κ2) is 13.8. The first kappa shape index (κ1) is 28.2. The van der Waals surface area contributed by atoms with Crippen LogP contribution in [0, 0.1) is 0 Å². The molecule has 4 aromatic carbocycles. The van der Waals surface area contributed by atoms with E-state index in [9.17, 15) is 9.59 Å². The smallest absolute Gasteiger partial charge is 0.343 e. The first-order chi connectivity index (χ1) is 19.4. The number of carbonyl (C=O) groups excluding carboxylic acids is 2. The second-order valence-electron chi connectivity index (χ2n) is 8.40. The summed E-state index contributed by atoms with van der Waals surface area (Å²) in [7, 11) is 1.47. The van der Waals surface area contributed by atoms with E-state index < -0.39 is 5.97 Å². The van der Waals surface area contributed by atoms with Crippen LogP contribution in [-0.4, -0.2) is 31.8 Å². The Morgan fingerprint density at radius 1 is 0.825 bits per heavy atom. The molecule has 0 atom stereocenters. The Labute approximate surface area is 237 Å². The number of hydrazone groups is 1. The van der Waals surface area contributed by atoms with Gasteiger partial charge in [-0.2, -0.15) is 5.10 Å². The fourth-order valence-electron chi connectivity index (χ4n) is 3.54. The molecule has 0 aromatic heterocycles. The maximum absolute atomic E-state index is 12.5. The highest BCUT2D eigenvalue weighted by Crippen LogP contribution is 2.28. The van der Waals surface area contributed by atoms with Crippen LogP contribution in [0.1, 0.15) is 38.8 Å². The van der Waals surface area contributed by atoms with E-state index >= 15 is 0 Å². The van der Waals surface area contributed by atoms with Gasteiger partial charge in [-0.25, -0.2) is 10.2 Å². The molecule has 0 saturated heterocycles. The highest BCUT2D eigenvalue weighted by molar-refractivity contribution is 6.30. The van der Waals surface area contributed by atoms with Gasteiger partial charge in [0.05, 0.1) is 25.5 Å². The molecule has 4 rings (SSSR count). The van der Waals surface area contributed by atoms with Crippen molar-refractivity contribution in [2.24, 2.45) is 5.10 Å². The number of ether oxygens (including phenoxy) is 4. The molecule has 1 N–H and O–H groups in total. The topological polar surface area (TPSA) is 95.5 Å². The van der Waals surface area contributed by atoms with E-state index in [4.69, 9.17) is 30.5 Å². The Balaban J connectivity index is 1.30. The lowest BCUT2D eigenvalue weighted by molar-refractivity contribution is 0.0729. The molecule has 4 aromatic rings. The molecule has 204 valence electrons. The number of amides is 1. The number of carbonyl (C=O) groups is 2. The van der Waals surface area contributed by atoms with Crippen molar-refractivity contribution >= 4 is 29.7 Å². The average molecular weight is 559 g/mol. The van der Waals surface area contributed by atoms with E-state index in [2.05, 4.69) is 10.5 Å². The molecule has 0 aliphatic rings. The third-order valence-corrected chi connectivity index (χ3v) is 5.86. The van der Waals surface area contributed by atoms with Crippen molar-refractivity contribution in [3.8, 4) is 23.0 Å². The Morgan fingerprint density at radius 3 is 2.12 bits per heavy atom. The van der Waals surface area contributed by atoms with Gasteiger partial charge in [-0.15, -0.1) is 0 Å². The maximum atomic E-state index is 12.5. The third kappa shape index (κ3) is 7.85. The summed E-state index contributed by atoms with van der Waals surface area (Å²) in [6.07, 6.45) is 1.46. The number of methoxy groups -OCH3 is 1. The number of nitrogens with zero attached hydrogens (tertiary/aromatic N) is 1. The number of halogens is 1. The Bertz CT molecular complexity index is 1470. The van der Waals surface area contributed by atoms with Gasteiger partial charge in [-0.3, -0.25) is 4.79 Å². The second-order valence-corrected chi connectivity index (χ2v) is 8.83. The lowest BCUT2D eigenvalue weighted by atomic mass is 10.2. The monoisotopic (exact) mass is 558 g/mol. The van der Waals surface area contributed by atoms with Crippen LogP contribution in [0.15, 0.2) is 96.1 Å².